The van der Waals surface area contributed by atoms with E-state index in [0.29, 0.717) is 16.7 Å². The van der Waals surface area contributed by atoms with Crippen molar-refractivity contribution in [1.29, 1.82) is 0 Å². The highest BCUT2D eigenvalue weighted by atomic mass is 32.2. The number of nitrogens with two attached hydrogens (primary N) is 1. The molecule has 0 spiro atoms. The first-order valence-corrected chi connectivity index (χ1v) is 5.06. The summed E-state index contributed by atoms with van der Waals surface area (Å²) in [6.07, 6.45) is 6.66. The van der Waals surface area contributed by atoms with Crippen LogP contribution in [-0.2, 0) is 0 Å². The van der Waals surface area contributed by atoms with Crippen molar-refractivity contribution in [3.63, 3.8) is 0 Å². The molecular weight excluding hydrogens is 200 g/mol. The van der Waals surface area contributed by atoms with E-state index in [1.54, 1.807) is 18.6 Å². The van der Waals surface area contributed by atoms with Gasteiger partial charge in [-0.1, -0.05) is 11.8 Å². The fraction of sp³-hybridized carbons (Fsp3) is 0.143. The molecule has 0 saturated heterocycles. The molecule has 0 bridgehead atoms. The third kappa shape index (κ3) is 1.41. The molecule has 0 radical (unpaired) electrons. The average Bonchev–Trinajstić information content (AvgIpc) is 2.61. The summed E-state index contributed by atoms with van der Waals surface area (Å²) in [6.45, 7) is 0. The quantitative estimate of drug-likeness (QED) is 0.559. The molecule has 14 heavy (non-hydrogen) atoms. The largest absolute Gasteiger partial charge is 0.335 e. The first kappa shape index (κ1) is 8.95. The molecule has 2 rings (SSSR count). The molecule has 7 heteroatoms. The highest BCUT2D eigenvalue weighted by molar-refractivity contribution is 7.98. The zero-order valence-electron chi connectivity index (χ0n) is 7.45. The van der Waals surface area contributed by atoms with E-state index >= 15 is 0 Å². The second kappa shape index (κ2) is 3.62. The van der Waals surface area contributed by atoms with Crippen molar-refractivity contribution >= 4 is 11.8 Å². The summed E-state index contributed by atoms with van der Waals surface area (Å²) >= 11 is 1.43. The van der Waals surface area contributed by atoms with Crippen molar-refractivity contribution < 1.29 is 0 Å². The molecule has 0 aliphatic carbocycles. The lowest BCUT2D eigenvalue weighted by Gasteiger charge is -1.99. The van der Waals surface area contributed by atoms with Crippen molar-refractivity contribution in [2.45, 2.75) is 5.16 Å². The Kier molecular flexibility index (Phi) is 2.32. The maximum atomic E-state index is 5.75. The van der Waals surface area contributed by atoms with Crippen LogP contribution in [0.5, 0.6) is 0 Å². The van der Waals surface area contributed by atoms with Gasteiger partial charge in [0, 0.05) is 12.4 Å². The Morgan fingerprint density at radius 2 is 2.21 bits per heavy atom. The summed E-state index contributed by atoms with van der Waals surface area (Å²) in [5, 5.41) is 8.46. The van der Waals surface area contributed by atoms with Crippen LogP contribution < -0.4 is 5.84 Å². The molecule has 0 unspecified atom stereocenters. The minimum atomic E-state index is 0.516. The summed E-state index contributed by atoms with van der Waals surface area (Å²) in [5.74, 6) is 6.27. The van der Waals surface area contributed by atoms with Crippen LogP contribution in [0.25, 0.3) is 11.5 Å². The van der Waals surface area contributed by atoms with Crippen molar-refractivity contribution in [3.8, 4) is 11.5 Å². The van der Waals surface area contributed by atoms with Crippen molar-refractivity contribution in [1.82, 2.24) is 24.8 Å². The predicted molar refractivity (Wildman–Crippen MR) is 53.0 cm³/mol. The standard InChI is InChI=1S/C7H8N6S/c1-14-7-12-11-6(13(7)8)5-4-9-2-3-10-5/h2-4H,8H2,1H3. The van der Waals surface area contributed by atoms with Gasteiger partial charge in [-0.25, -0.2) is 9.66 Å². The molecule has 0 atom stereocenters. The average molecular weight is 208 g/mol. The zero-order chi connectivity index (χ0) is 9.97. The van der Waals surface area contributed by atoms with E-state index in [1.165, 1.54) is 16.4 Å². The second-order valence-electron chi connectivity index (χ2n) is 2.47. The highest BCUT2D eigenvalue weighted by Gasteiger charge is 2.11. The van der Waals surface area contributed by atoms with Crippen LogP contribution in [0.1, 0.15) is 0 Å². The van der Waals surface area contributed by atoms with Gasteiger partial charge in [-0.2, -0.15) is 0 Å². The van der Waals surface area contributed by atoms with Gasteiger partial charge in [0.25, 0.3) is 0 Å². The molecule has 72 valence electrons. The van der Waals surface area contributed by atoms with Gasteiger partial charge in [0.2, 0.25) is 11.0 Å². The van der Waals surface area contributed by atoms with Gasteiger partial charge in [-0.15, -0.1) is 10.2 Å². The summed E-state index contributed by atoms with van der Waals surface area (Å²) in [7, 11) is 0. The number of hydrogen-bond acceptors (Lipinski definition) is 6. The normalized spacial score (nSPS) is 10.4. The number of nitrogen functional groups attached to an aromatic ring is 1. The smallest absolute Gasteiger partial charge is 0.209 e. The molecule has 0 aromatic carbocycles. The van der Waals surface area contributed by atoms with Gasteiger partial charge >= 0.3 is 0 Å². The van der Waals surface area contributed by atoms with Gasteiger partial charge in [0.1, 0.15) is 5.69 Å². The summed E-state index contributed by atoms with van der Waals surface area (Å²) in [6, 6.07) is 0. The maximum Gasteiger partial charge on any atom is 0.209 e. The van der Waals surface area contributed by atoms with E-state index in [2.05, 4.69) is 20.2 Å². The van der Waals surface area contributed by atoms with Crippen molar-refractivity contribution in [3.05, 3.63) is 18.6 Å². The highest BCUT2D eigenvalue weighted by Crippen LogP contribution is 2.16. The maximum absolute atomic E-state index is 5.75. The first-order valence-electron chi connectivity index (χ1n) is 3.84. The molecule has 0 amide bonds. The van der Waals surface area contributed by atoms with Crippen LogP contribution in [0.3, 0.4) is 0 Å². The van der Waals surface area contributed by atoms with Crippen LogP contribution in [-0.4, -0.2) is 31.1 Å². The van der Waals surface area contributed by atoms with E-state index in [9.17, 15) is 0 Å². The van der Waals surface area contributed by atoms with Crippen molar-refractivity contribution in [2.24, 2.45) is 0 Å². The van der Waals surface area contributed by atoms with Gasteiger partial charge in [0.05, 0.1) is 6.20 Å². The number of thioether (sulfide) groups is 1. The molecule has 0 aliphatic heterocycles. The Labute approximate surface area is 84.6 Å². The molecule has 6 nitrogen and oxygen atoms in total. The SMILES string of the molecule is CSc1nnc(-c2cnccn2)n1N. The van der Waals surface area contributed by atoms with Crippen molar-refractivity contribution in [2.75, 3.05) is 12.1 Å². The monoisotopic (exact) mass is 208 g/mol. The minimum absolute atomic E-state index is 0.516. The van der Waals surface area contributed by atoms with E-state index < -0.39 is 0 Å². The Morgan fingerprint density at radius 1 is 1.36 bits per heavy atom. The Hall–Kier alpha value is -1.63. The lowest BCUT2D eigenvalue weighted by molar-refractivity contribution is 0.850. The predicted octanol–water partition coefficient (Wildman–Crippen LogP) is 0.171. The molecule has 2 aromatic heterocycles. The van der Waals surface area contributed by atoms with Crippen LogP contribution in [0.4, 0.5) is 0 Å². The van der Waals surface area contributed by atoms with Gasteiger partial charge in [-0.05, 0) is 6.26 Å². The third-order valence-electron chi connectivity index (χ3n) is 1.64. The van der Waals surface area contributed by atoms with Gasteiger partial charge < -0.3 is 5.84 Å². The van der Waals surface area contributed by atoms with E-state index in [0.717, 1.165) is 0 Å². The lowest BCUT2D eigenvalue weighted by atomic mass is 10.4. The van der Waals surface area contributed by atoms with Gasteiger partial charge in [0.15, 0.2) is 0 Å². The fourth-order valence-electron chi connectivity index (χ4n) is 1.01. The fourth-order valence-corrected chi connectivity index (χ4v) is 1.41. The van der Waals surface area contributed by atoms with E-state index in [1.807, 2.05) is 6.26 Å². The summed E-state index contributed by atoms with van der Waals surface area (Å²) in [5.41, 5.74) is 0.614. The molecular formula is C7H8N6S. The molecule has 0 saturated carbocycles. The molecule has 2 heterocycles. The Morgan fingerprint density at radius 3 is 2.79 bits per heavy atom. The Balaban J connectivity index is 2.48. The number of aromatic nitrogens is 5. The Bertz CT molecular complexity index is 425. The van der Waals surface area contributed by atoms with Crippen LogP contribution >= 0.6 is 11.8 Å². The van der Waals surface area contributed by atoms with Gasteiger partial charge in [-0.3, -0.25) is 4.98 Å². The molecule has 2 N–H and O–H groups in total. The molecule has 2 aromatic rings. The zero-order valence-corrected chi connectivity index (χ0v) is 8.27. The van der Waals surface area contributed by atoms with Crippen LogP contribution in [0.15, 0.2) is 23.7 Å². The minimum Gasteiger partial charge on any atom is -0.335 e. The van der Waals surface area contributed by atoms with Crippen LogP contribution in [0.2, 0.25) is 0 Å². The second-order valence-corrected chi connectivity index (χ2v) is 3.24. The summed E-state index contributed by atoms with van der Waals surface area (Å²) < 4.78 is 1.40. The molecule has 0 fully saturated rings. The van der Waals surface area contributed by atoms with E-state index in [4.69, 9.17) is 5.84 Å². The first-order chi connectivity index (χ1) is 6.83. The molecule has 0 aliphatic rings. The number of nitrogens with zero attached hydrogens (tertiary/aromatic N) is 5. The lowest BCUT2D eigenvalue weighted by Crippen LogP contribution is -2.11. The van der Waals surface area contributed by atoms with Crippen LogP contribution in [0, 0.1) is 0 Å². The topological polar surface area (TPSA) is 82.5 Å². The number of rotatable bonds is 2. The third-order valence-corrected chi connectivity index (χ3v) is 2.28. The summed E-state index contributed by atoms with van der Waals surface area (Å²) in [4.78, 5) is 8.01. The number of hydrogen-bond donors (Lipinski definition) is 1. The van der Waals surface area contributed by atoms with E-state index in [-0.39, 0.29) is 0 Å².